The van der Waals surface area contributed by atoms with Gasteiger partial charge in [-0.2, -0.15) is 0 Å². The standard InChI is InChI=1S/C9H15N.H2/c1-4-9(2,3)8-6-5-7-10-8;/h5-7,10H,4H2,1-3H3;1H. The highest BCUT2D eigenvalue weighted by Gasteiger charge is 2.17. The van der Waals surface area contributed by atoms with Crippen molar-refractivity contribution in [3.8, 4) is 0 Å². The summed E-state index contributed by atoms with van der Waals surface area (Å²) in [6.07, 6.45) is 3.15. The maximum absolute atomic E-state index is 3.23. The largest absolute Gasteiger partial charge is 0.365 e. The third-order valence-electron chi connectivity index (χ3n) is 2.21. The van der Waals surface area contributed by atoms with Gasteiger partial charge >= 0.3 is 0 Å². The molecule has 0 atom stereocenters. The first-order valence-corrected chi connectivity index (χ1v) is 3.80. The molecule has 0 fully saturated rings. The van der Waals surface area contributed by atoms with Crippen molar-refractivity contribution in [3.05, 3.63) is 24.0 Å². The molecule has 0 bridgehead atoms. The van der Waals surface area contributed by atoms with Crippen molar-refractivity contribution in [2.24, 2.45) is 0 Å². The predicted octanol–water partition coefficient (Wildman–Crippen LogP) is 2.95. The van der Waals surface area contributed by atoms with Gasteiger partial charge in [0.1, 0.15) is 0 Å². The Hall–Kier alpha value is -0.720. The van der Waals surface area contributed by atoms with Crippen molar-refractivity contribution in [2.45, 2.75) is 32.6 Å². The topological polar surface area (TPSA) is 15.8 Å². The number of hydrogen-bond acceptors (Lipinski definition) is 0. The van der Waals surface area contributed by atoms with E-state index in [0.717, 1.165) is 0 Å². The normalized spacial score (nSPS) is 11.9. The van der Waals surface area contributed by atoms with E-state index in [4.69, 9.17) is 0 Å². The van der Waals surface area contributed by atoms with Crippen molar-refractivity contribution < 1.29 is 1.43 Å². The van der Waals surface area contributed by atoms with Crippen LogP contribution in [0.3, 0.4) is 0 Å². The van der Waals surface area contributed by atoms with Crippen LogP contribution in [0.1, 0.15) is 34.3 Å². The third-order valence-corrected chi connectivity index (χ3v) is 2.21. The van der Waals surface area contributed by atoms with Crippen molar-refractivity contribution in [2.75, 3.05) is 0 Å². The molecule has 0 saturated heterocycles. The van der Waals surface area contributed by atoms with Crippen LogP contribution in [-0.2, 0) is 5.41 Å². The van der Waals surface area contributed by atoms with E-state index in [1.165, 1.54) is 12.1 Å². The van der Waals surface area contributed by atoms with Crippen LogP contribution in [0, 0.1) is 0 Å². The zero-order valence-corrected chi connectivity index (χ0v) is 6.94. The van der Waals surface area contributed by atoms with Gasteiger partial charge in [-0.05, 0) is 18.6 Å². The smallest absolute Gasteiger partial charge is 0.0204 e. The van der Waals surface area contributed by atoms with Gasteiger partial charge in [0.05, 0.1) is 0 Å². The van der Waals surface area contributed by atoms with Crippen LogP contribution < -0.4 is 0 Å². The number of aromatic nitrogens is 1. The van der Waals surface area contributed by atoms with Crippen molar-refractivity contribution in [1.29, 1.82) is 0 Å². The summed E-state index contributed by atoms with van der Waals surface area (Å²) in [5.74, 6) is 0. The first kappa shape index (κ1) is 7.39. The van der Waals surface area contributed by atoms with Crippen LogP contribution in [0.25, 0.3) is 0 Å². The minimum atomic E-state index is 0. The lowest BCUT2D eigenvalue weighted by Crippen LogP contribution is -2.15. The van der Waals surface area contributed by atoms with E-state index in [0.29, 0.717) is 5.41 Å². The highest BCUT2D eigenvalue weighted by molar-refractivity contribution is 5.14. The molecule has 1 rings (SSSR count). The minimum absolute atomic E-state index is 0. The van der Waals surface area contributed by atoms with Gasteiger partial charge in [-0.3, -0.25) is 0 Å². The fourth-order valence-corrected chi connectivity index (χ4v) is 0.942. The Morgan fingerprint density at radius 1 is 1.60 bits per heavy atom. The summed E-state index contributed by atoms with van der Waals surface area (Å²) in [4.78, 5) is 3.23. The van der Waals surface area contributed by atoms with Crippen LogP contribution >= 0.6 is 0 Å². The van der Waals surface area contributed by atoms with E-state index in [1.54, 1.807) is 0 Å². The average Bonchev–Trinajstić information content (AvgIpc) is 2.38. The molecule has 0 radical (unpaired) electrons. The van der Waals surface area contributed by atoms with E-state index in [1.807, 2.05) is 12.3 Å². The Morgan fingerprint density at radius 3 is 2.70 bits per heavy atom. The number of H-pyrrole nitrogens is 1. The Morgan fingerprint density at radius 2 is 2.30 bits per heavy atom. The maximum Gasteiger partial charge on any atom is 0.0204 e. The molecule has 0 aliphatic rings. The highest BCUT2D eigenvalue weighted by Crippen LogP contribution is 2.24. The molecule has 0 unspecified atom stereocenters. The van der Waals surface area contributed by atoms with Crippen molar-refractivity contribution >= 4 is 0 Å². The molecule has 1 aromatic rings. The Labute approximate surface area is 64.0 Å². The fourth-order valence-electron chi connectivity index (χ4n) is 0.942. The van der Waals surface area contributed by atoms with Gasteiger partial charge < -0.3 is 4.98 Å². The Kier molecular flexibility index (Phi) is 1.84. The second-order valence-corrected chi connectivity index (χ2v) is 3.32. The molecule has 0 aromatic carbocycles. The van der Waals surface area contributed by atoms with Crippen molar-refractivity contribution in [3.63, 3.8) is 0 Å². The van der Waals surface area contributed by atoms with Gasteiger partial charge in [-0.25, -0.2) is 0 Å². The molecule has 1 heteroatoms. The first-order valence-electron chi connectivity index (χ1n) is 3.80. The minimum Gasteiger partial charge on any atom is -0.365 e. The highest BCUT2D eigenvalue weighted by atomic mass is 14.7. The molecule has 0 aliphatic carbocycles. The van der Waals surface area contributed by atoms with Gasteiger partial charge in [0.2, 0.25) is 0 Å². The molecule has 1 nitrogen and oxygen atoms in total. The molecule has 0 saturated carbocycles. The van der Waals surface area contributed by atoms with E-state index in [2.05, 4.69) is 31.8 Å². The van der Waals surface area contributed by atoms with Gasteiger partial charge in [-0.15, -0.1) is 0 Å². The van der Waals surface area contributed by atoms with Crippen LogP contribution in [0.15, 0.2) is 18.3 Å². The van der Waals surface area contributed by atoms with E-state index < -0.39 is 0 Å². The number of nitrogens with one attached hydrogen (secondary N) is 1. The summed E-state index contributed by atoms with van der Waals surface area (Å²) in [6.45, 7) is 6.71. The van der Waals surface area contributed by atoms with Crippen LogP contribution in [0.4, 0.5) is 0 Å². The third kappa shape index (κ3) is 1.23. The summed E-state index contributed by atoms with van der Waals surface area (Å²) < 4.78 is 0. The van der Waals surface area contributed by atoms with Crippen LogP contribution in [-0.4, -0.2) is 4.98 Å². The molecule has 10 heavy (non-hydrogen) atoms. The van der Waals surface area contributed by atoms with E-state index in [-0.39, 0.29) is 1.43 Å². The molecule has 58 valence electrons. The quantitative estimate of drug-likeness (QED) is 0.648. The van der Waals surface area contributed by atoms with E-state index >= 15 is 0 Å². The molecular weight excluding hydrogens is 122 g/mol. The number of hydrogen-bond donors (Lipinski definition) is 1. The monoisotopic (exact) mass is 139 g/mol. The molecule has 0 amide bonds. The summed E-state index contributed by atoms with van der Waals surface area (Å²) in [5.41, 5.74) is 1.64. The first-order chi connectivity index (χ1) is 4.67. The second-order valence-electron chi connectivity index (χ2n) is 3.32. The lowest BCUT2D eigenvalue weighted by molar-refractivity contribution is 0.493. The molecular formula is C9H17N. The Bertz CT molecular complexity index is 189. The molecule has 1 N–H and O–H groups in total. The number of aromatic amines is 1. The summed E-state index contributed by atoms with van der Waals surface area (Å²) in [7, 11) is 0. The fraction of sp³-hybridized carbons (Fsp3) is 0.556. The lowest BCUT2D eigenvalue weighted by Gasteiger charge is -2.20. The summed E-state index contributed by atoms with van der Waals surface area (Å²) >= 11 is 0. The van der Waals surface area contributed by atoms with Crippen LogP contribution in [0.2, 0.25) is 0 Å². The van der Waals surface area contributed by atoms with E-state index in [9.17, 15) is 0 Å². The van der Waals surface area contributed by atoms with Crippen molar-refractivity contribution in [1.82, 2.24) is 4.98 Å². The predicted molar refractivity (Wildman–Crippen MR) is 46.2 cm³/mol. The lowest BCUT2D eigenvalue weighted by atomic mass is 9.87. The Balaban J connectivity index is 0.000001000. The summed E-state index contributed by atoms with van der Waals surface area (Å²) in [5, 5.41) is 0. The maximum atomic E-state index is 3.23. The SMILES string of the molecule is CCC(C)(C)c1ccc[nH]1.[HH]. The molecule has 0 spiro atoms. The van der Waals surface area contributed by atoms with Gasteiger partial charge in [0.15, 0.2) is 0 Å². The van der Waals surface area contributed by atoms with Gasteiger partial charge in [-0.1, -0.05) is 20.8 Å². The zero-order valence-electron chi connectivity index (χ0n) is 6.94. The average molecular weight is 139 g/mol. The molecule has 1 heterocycles. The molecule has 0 aliphatic heterocycles. The summed E-state index contributed by atoms with van der Waals surface area (Å²) in [6, 6.07) is 4.19. The van der Waals surface area contributed by atoms with Gasteiger partial charge in [0, 0.05) is 18.7 Å². The molecule has 1 aromatic heterocycles. The second kappa shape index (κ2) is 2.49. The zero-order chi connectivity index (χ0) is 7.61. The number of rotatable bonds is 2. The van der Waals surface area contributed by atoms with Gasteiger partial charge in [0.25, 0.3) is 0 Å². The van der Waals surface area contributed by atoms with Crippen LogP contribution in [0.5, 0.6) is 0 Å².